The number of ether oxygens (including phenoxy) is 4. The zero-order chi connectivity index (χ0) is 47.7. The predicted molar refractivity (Wildman–Crippen MR) is 250 cm³/mol. The van der Waals surface area contributed by atoms with Crippen molar-refractivity contribution < 1.29 is 56.5 Å². The van der Waals surface area contributed by atoms with E-state index in [-0.39, 0.29) is 34.3 Å². The summed E-state index contributed by atoms with van der Waals surface area (Å²) in [6.45, 7) is 33.4. The minimum Gasteiger partial charge on any atom is -0.476 e. The van der Waals surface area contributed by atoms with E-state index in [0.29, 0.717) is 38.2 Å². The van der Waals surface area contributed by atoms with Gasteiger partial charge in [0.25, 0.3) is 0 Å². The fourth-order valence-electron chi connectivity index (χ4n) is 7.44. The van der Waals surface area contributed by atoms with Crippen molar-refractivity contribution in [3.63, 3.8) is 0 Å². The summed E-state index contributed by atoms with van der Waals surface area (Å²) in [5.41, 5.74) is -0.268. The molecule has 0 aromatic carbocycles. The SMILES string of the molecule is CC1(C)OB(B2OC(C)(C)C(C)(C)O2)OC1(C)C.CCOC(=O)C1(COc2cc(C)c(B3OC(C)(C)C(C)(C)O3)cn2)CCC1.CCOC(=O)C1(COc2cc(C)c(Br)cn2)CCC1. The van der Waals surface area contributed by atoms with E-state index >= 15 is 0 Å². The maximum Gasteiger partial charge on any atom is 0.496 e. The zero-order valence-corrected chi connectivity index (χ0v) is 42.9. The quantitative estimate of drug-likeness (QED) is 0.148. The van der Waals surface area contributed by atoms with Gasteiger partial charge in [0.2, 0.25) is 11.8 Å². The lowest BCUT2D eigenvalue weighted by Gasteiger charge is -2.38. The number of nitrogens with zero attached hydrogens (tertiary/aromatic N) is 2. The van der Waals surface area contributed by atoms with Gasteiger partial charge in [-0.15, -0.1) is 0 Å². The number of esters is 2. The third-order valence-corrected chi connectivity index (χ3v) is 15.3. The van der Waals surface area contributed by atoms with Crippen LogP contribution in [0, 0.1) is 24.7 Å². The highest BCUT2D eigenvalue weighted by atomic mass is 79.9. The molecule has 7 rings (SSSR count). The second-order valence-electron chi connectivity index (χ2n) is 20.8. The first kappa shape index (κ1) is 52.2. The molecule has 2 aliphatic carbocycles. The minimum absolute atomic E-state index is 0.143. The summed E-state index contributed by atoms with van der Waals surface area (Å²) in [7, 11) is -1.40. The Hall–Kier alpha value is -2.73. The fraction of sp³-hybridized carbons (Fsp3) is 0.739. The monoisotopic (exact) mass is 956 g/mol. The largest absolute Gasteiger partial charge is 0.496 e. The van der Waals surface area contributed by atoms with E-state index in [1.807, 2.05) is 123 Å². The van der Waals surface area contributed by atoms with Gasteiger partial charge < -0.3 is 46.9 Å². The highest BCUT2D eigenvalue weighted by molar-refractivity contribution is 9.10. The molecule has 64 heavy (non-hydrogen) atoms. The van der Waals surface area contributed by atoms with Gasteiger partial charge in [-0.2, -0.15) is 0 Å². The van der Waals surface area contributed by atoms with E-state index in [9.17, 15) is 9.59 Å². The number of halogens is 1. The normalized spacial score (nSPS) is 23.3. The van der Waals surface area contributed by atoms with Gasteiger partial charge in [0, 0.05) is 34.5 Å². The molecule has 0 atom stereocenters. The van der Waals surface area contributed by atoms with Gasteiger partial charge in [0.1, 0.15) is 24.0 Å². The average molecular weight is 957 g/mol. The van der Waals surface area contributed by atoms with Crippen molar-refractivity contribution in [2.45, 2.75) is 183 Å². The van der Waals surface area contributed by atoms with Crippen molar-refractivity contribution in [2.75, 3.05) is 26.4 Å². The molecule has 3 aliphatic heterocycles. The first-order valence-electron chi connectivity index (χ1n) is 22.8. The van der Waals surface area contributed by atoms with Gasteiger partial charge in [0.15, 0.2) is 0 Å². The molecule has 5 fully saturated rings. The summed E-state index contributed by atoms with van der Waals surface area (Å²) in [4.78, 5) is 32.8. The number of hydrogen-bond acceptors (Lipinski definition) is 14. The van der Waals surface area contributed by atoms with Crippen LogP contribution in [0.3, 0.4) is 0 Å². The third kappa shape index (κ3) is 11.2. The Kier molecular flexibility index (Phi) is 15.9. The summed E-state index contributed by atoms with van der Waals surface area (Å²) in [5, 5.41) is 0. The molecular weight excluding hydrogens is 885 g/mol. The number of hydrogen-bond donors (Lipinski definition) is 0. The van der Waals surface area contributed by atoms with Crippen molar-refractivity contribution in [3.05, 3.63) is 40.1 Å². The lowest BCUT2D eigenvalue weighted by Crippen LogP contribution is -2.44. The van der Waals surface area contributed by atoms with Crippen molar-refractivity contribution in [1.82, 2.24) is 9.97 Å². The minimum atomic E-state index is -0.518. The Morgan fingerprint density at radius 2 is 0.922 bits per heavy atom. The Labute approximate surface area is 391 Å². The maximum absolute atomic E-state index is 12.2. The van der Waals surface area contributed by atoms with Crippen LogP contribution >= 0.6 is 15.9 Å². The molecule has 0 unspecified atom stereocenters. The van der Waals surface area contributed by atoms with Gasteiger partial charge in [-0.25, -0.2) is 9.97 Å². The highest BCUT2D eigenvalue weighted by Crippen LogP contribution is 2.45. The lowest BCUT2D eigenvalue weighted by molar-refractivity contribution is -0.164. The predicted octanol–water partition coefficient (Wildman–Crippen LogP) is 8.32. The molecule has 3 saturated heterocycles. The van der Waals surface area contributed by atoms with Crippen molar-refractivity contribution in [2.24, 2.45) is 10.8 Å². The lowest BCUT2D eigenvalue weighted by atomic mass is 9.49. The molecule has 0 spiro atoms. The topological polar surface area (TPSA) is 152 Å². The standard InChI is InChI=1S/C20H30BNO5.C14H18BrNO3.C12H24B2O4/c1-7-24-17(23)20(9-8-10-20)13-25-16-11-14(2)15(12-22-16)21-26-18(3,4)19(5,6)27-21;1-3-18-13(17)14(5-4-6-14)9-19-12-7-10(2)11(15)8-16-12;1-9(2)10(3,4)16-13(15-9)14-17-11(5,6)12(7,8)18-14/h11-12H,7-10,13H2,1-6H3;7-8H,3-6,9H2,1-2H3;1-8H3. The zero-order valence-electron chi connectivity index (χ0n) is 41.3. The van der Waals surface area contributed by atoms with Crippen LogP contribution in [0.2, 0.25) is 0 Å². The average Bonchev–Trinajstić information content (AvgIpc) is 3.62. The van der Waals surface area contributed by atoms with E-state index in [4.69, 9.17) is 46.9 Å². The molecule has 14 nitrogen and oxygen atoms in total. The highest BCUT2D eigenvalue weighted by Gasteiger charge is 2.64. The summed E-state index contributed by atoms with van der Waals surface area (Å²) in [5.74, 6) is 0.747. The number of rotatable bonds is 12. The molecule has 0 bridgehead atoms. The summed E-state index contributed by atoms with van der Waals surface area (Å²) >= 11 is 3.40. The van der Waals surface area contributed by atoms with E-state index in [1.165, 1.54) is 0 Å². The fourth-order valence-corrected chi connectivity index (χ4v) is 7.66. The molecule has 18 heteroatoms. The second-order valence-corrected chi connectivity index (χ2v) is 21.6. The van der Waals surface area contributed by atoms with Gasteiger partial charge in [-0.1, -0.05) is 12.8 Å². The molecular formula is C46H72B3BrN2O12. The van der Waals surface area contributed by atoms with Crippen LogP contribution in [0.5, 0.6) is 11.8 Å². The Morgan fingerprint density at radius 3 is 1.23 bits per heavy atom. The van der Waals surface area contributed by atoms with Gasteiger partial charge in [-0.05, 0) is 164 Å². The number of carbonyl (C=O) groups is 2. The molecule has 5 heterocycles. The number of aryl methyl sites for hydroxylation is 2. The van der Waals surface area contributed by atoms with Crippen LogP contribution in [-0.4, -0.2) is 103 Å². The Balaban J connectivity index is 0.000000186. The van der Waals surface area contributed by atoms with E-state index in [2.05, 4.69) is 25.9 Å². The molecule has 0 amide bonds. The van der Waals surface area contributed by atoms with E-state index < -0.39 is 43.2 Å². The molecule has 2 aromatic rings. The first-order chi connectivity index (χ1) is 29.6. The van der Waals surface area contributed by atoms with Crippen molar-refractivity contribution >= 4 is 54.5 Å². The molecule has 354 valence electrons. The summed E-state index contributed by atoms with van der Waals surface area (Å²) in [6.07, 6.45) is 8.80. The molecule has 0 N–H and O–H groups in total. The van der Waals surface area contributed by atoms with Crippen LogP contribution in [0.15, 0.2) is 29.0 Å². The summed E-state index contributed by atoms with van der Waals surface area (Å²) in [6, 6.07) is 3.74. The number of aromatic nitrogens is 2. The maximum atomic E-state index is 12.2. The smallest absolute Gasteiger partial charge is 0.476 e. The van der Waals surface area contributed by atoms with E-state index in [1.54, 1.807) is 12.4 Å². The van der Waals surface area contributed by atoms with Gasteiger partial charge in [-0.3, -0.25) is 9.59 Å². The van der Waals surface area contributed by atoms with Crippen LogP contribution in [0.25, 0.3) is 0 Å². The first-order valence-corrected chi connectivity index (χ1v) is 23.6. The third-order valence-electron chi connectivity index (χ3n) is 14.5. The van der Waals surface area contributed by atoms with Gasteiger partial charge in [0.05, 0.1) is 46.8 Å². The van der Waals surface area contributed by atoms with Crippen molar-refractivity contribution in [3.8, 4) is 11.8 Å². The van der Waals surface area contributed by atoms with Crippen LogP contribution in [0.4, 0.5) is 0 Å². The molecule has 0 radical (unpaired) electrons. The number of carbonyl (C=O) groups excluding carboxylic acids is 2. The molecule has 5 aliphatic rings. The van der Waals surface area contributed by atoms with E-state index in [0.717, 1.165) is 59.6 Å². The van der Waals surface area contributed by atoms with Crippen LogP contribution < -0.4 is 14.9 Å². The summed E-state index contributed by atoms with van der Waals surface area (Å²) < 4.78 is 58.9. The second kappa shape index (κ2) is 19.5. The van der Waals surface area contributed by atoms with Crippen LogP contribution in [0.1, 0.15) is 147 Å². The Morgan fingerprint density at radius 1 is 0.578 bits per heavy atom. The van der Waals surface area contributed by atoms with Gasteiger partial charge >= 0.3 is 33.1 Å². The number of pyridine rings is 2. The van der Waals surface area contributed by atoms with Crippen LogP contribution in [-0.2, 0) is 47.0 Å². The Bertz CT molecular complexity index is 1890. The molecule has 2 aromatic heterocycles. The molecule has 2 saturated carbocycles. The van der Waals surface area contributed by atoms with Crippen molar-refractivity contribution in [1.29, 1.82) is 0 Å².